The number of hydrogen-bond donors (Lipinski definition) is 0. The average molecular weight is 594 g/mol. The molecule has 0 fully saturated rings. The Morgan fingerprint density at radius 2 is 1.56 bits per heavy atom. The van der Waals surface area contributed by atoms with Gasteiger partial charge in [0.25, 0.3) is 0 Å². The molecule has 226 valence electrons. The third kappa shape index (κ3) is 8.32. The van der Waals surface area contributed by atoms with Crippen LogP contribution in [0.2, 0.25) is 0 Å². The molecule has 0 N–H and O–H groups in total. The Balaban J connectivity index is 2.28. The van der Waals surface area contributed by atoms with Crippen LogP contribution in [0.25, 0.3) is 22.0 Å². The molecule has 2 aromatic carbocycles. The minimum absolute atomic E-state index is 0.135. The topological polar surface area (TPSA) is 94.5 Å². The van der Waals surface area contributed by atoms with Gasteiger partial charge in [-0.15, -0.1) is 0 Å². The van der Waals surface area contributed by atoms with Crippen molar-refractivity contribution in [1.82, 2.24) is 4.57 Å². The van der Waals surface area contributed by atoms with Crippen molar-refractivity contribution >= 4 is 18.7 Å². The van der Waals surface area contributed by atoms with Crippen LogP contribution in [0.3, 0.4) is 0 Å². The van der Waals surface area contributed by atoms with Crippen molar-refractivity contribution in [3.05, 3.63) is 52.6 Å². The zero-order valence-corrected chi connectivity index (χ0v) is 26.2. The molecule has 0 aliphatic heterocycles. The molecule has 0 saturated heterocycles. The lowest BCUT2D eigenvalue weighted by Crippen LogP contribution is -2.25. The first-order chi connectivity index (χ1) is 19.1. The summed E-state index contributed by atoms with van der Waals surface area (Å²) < 4.78 is 65.1. The van der Waals surface area contributed by atoms with Crippen molar-refractivity contribution < 1.29 is 36.7 Å². The van der Waals surface area contributed by atoms with E-state index in [0.29, 0.717) is 36.7 Å². The molecule has 0 unspecified atom stereocenters. The van der Waals surface area contributed by atoms with Gasteiger partial charge in [0.1, 0.15) is 29.8 Å². The maximum absolute atomic E-state index is 15.4. The Morgan fingerprint density at radius 1 is 0.902 bits per heavy atom. The fourth-order valence-electron chi connectivity index (χ4n) is 4.11. The standard InChI is InChI=1S/C30H41FNO8P/c1-10-16-37-24-15-14-23(31)26-27(24)32(19-38-41(34,39-29(3,4)5)40-30(6,7)8)18-22(28(26)33)21-13-12-20(36-11-2)17-25(21)35-9/h12-15,17-18H,10-11,16,19H2,1-9H3. The molecule has 41 heavy (non-hydrogen) atoms. The number of pyridine rings is 1. The number of aromatic nitrogens is 1. The minimum Gasteiger partial charge on any atom is -0.496 e. The molecule has 0 saturated carbocycles. The van der Waals surface area contributed by atoms with E-state index in [4.69, 9.17) is 27.8 Å². The highest BCUT2D eigenvalue weighted by Crippen LogP contribution is 2.55. The highest BCUT2D eigenvalue weighted by molar-refractivity contribution is 7.48. The molecule has 0 aliphatic carbocycles. The van der Waals surface area contributed by atoms with Crippen molar-refractivity contribution in [2.45, 2.75) is 79.7 Å². The number of ether oxygens (including phenoxy) is 3. The molecule has 3 rings (SSSR count). The molecule has 9 nitrogen and oxygen atoms in total. The first kappa shape index (κ1) is 32.6. The van der Waals surface area contributed by atoms with E-state index >= 15 is 4.39 Å². The van der Waals surface area contributed by atoms with Gasteiger partial charge in [-0.05, 0) is 79.2 Å². The van der Waals surface area contributed by atoms with Crippen LogP contribution in [0.4, 0.5) is 4.39 Å². The zero-order valence-electron chi connectivity index (χ0n) is 25.3. The molecule has 0 bridgehead atoms. The van der Waals surface area contributed by atoms with Crippen LogP contribution in [0.5, 0.6) is 17.2 Å². The van der Waals surface area contributed by atoms with Crippen LogP contribution in [-0.2, 0) is 24.9 Å². The summed E-state index contributed by atoms with van der Waals surface area (Å²) in [5.74, 6) is 0.446. The van der Waals surface area contributed by atoms with Crippen LogP contribution in [0.15, 0.2) is 41.3 Å². The number of rotatable bonds is 12. The van der Waals surface area contributed by atoms with E-state index in [2.05, 4.69) is 0 Å². The van der Waals surface area contributed by atoms with Crippen LogP contribution in [0, 0.1) is 5.82 Å². The quantitative estimate of drug-likeness (QED) is 0.197. The molecule has 11 heteroatoms. The smallest absolute Gasteiger partial charge is 0.477 e. The van der Waals surface area contributed by atoms with E-state index in [1.807, 2.05) is 13.8 Å². The number of hydrogen-bond acceptors (Lipinski definition) is 8. The van der Waals surface area contributed by atoms with Gasteiger partial charge in [0.2, 0.25) is 0 Å². The van der Waals surface area contributed by atoms with E-state index in [0.717, 1.165) is 0 Å². The largest absolute Gasteiger partial charge is 0.496 e. The van der Waals surface area contributed by atoms with E-state index in [1.165, 1.54) is 30.0 Å². The lowest BCUT2D eigenvalue weighted by atomic mass is 10.0. The fourth-order valence-corrected chi connectivity index (χ4v) is 5.86. The van der Waals surface area contributed by atoms with Gasteiger partial charge in [-0.25, -0.2) is 8.96 Å². The Hall–Kier alpha value is -2.91. The molecular weight excluding hydrogens is 552 g/mol. The SMILES string of the molecule is CCCOc1ccc(F)c2c(=O)c(-c3ccc(OCC)cc3OC)cn(COP(=O)(OC(C)(C)C)OC(C)(C)C)c12. The minimum atomic E-state index is -4.16. The summed E-state index contributed by atoms with van der Waals surface area (Å²) in [6.45, 7) is 14.5. The Morgan fingerprint density at radius 3 is 2.12 bits per heavy atom. The van der Waals surface area contributed by atoms with Gasteiger partial charge < -0.3 is 18.8 Å². The number of phosphoric acid groups is 1. The van der Waals surface area contributed by atoms with Crippen LogP contribution < -0.4 is 19.6 Å². The number of benzene rings is 2. The van der Waals surface area contributed by atoms with Crippen LogP contribution >= 0.6 is 7.82 Å². The predicted octanol–water partition coefficient (Wildman–Crippen LogP) is 7.72. The van der Waals surface area contributed by atoms with Crippen molar-refractivity contribution in [2.75, 3.05) is 20.3 Å². The number of fused-ring (bicyclic) bond motifs is 1. The molecule has 1 heterocycles. The molecule has 0 radical (unpaired) electrons. The van der Waals surface area contributed by atoms with E-state index in [9.17, 15) is 9.36 Å². The van der Waals surface area contributed by atoms with E-state index < -0.39 is 37.0 Å². The highest BCUT2D eigenvalue weighted by atomic mass is 31.2. The summed E-state index contributed by atoms with van der Waals surface area (Å²) in [6, 6.07) is 7.67. The first-order valence-corrected chi connectivity index (χ1v) is 15.0. The second kappa shape index (κ2) is 12.9. The van der Waals surface area contributed by atoms with E-state index in [1.54, 1.807) is 59.7 Å². The Bertz CT molecular complexity index is 1450. The lowest BCUT2D eigenvalue weighted by Gasteiger charge is -2.31. The van der Waals surface area contributed by atoms with Crippen molar-refractivity contribution in [3.63, 3.8) is 0 Å². The number of nitrogens with zero attached hydrogens (tertiary/aromatic N) is 1. The summed E-state index contributed by atoms with van der Waals surface area (Å²) >= 11 is 0. The highest BCUT2D eigenvalue weighted by Gasteiger charge is 2.37. The molecule has 0 spiro atoms. The van der Waals surface area contributed by atoms with Crippen molar-refractivity contribution in [1.29, 1.82) is 0 Å². The summed E-state index contributed by atoms with van der Waals surface area (Å²) in [4.78, 5) is 13.8. The molecule has 0 aliphatic rings. The Kier molecular flexibility index (Phi) is 10.3. The van der Waals surface area contributed by atoms with Crippen LogP contribution in [-0.4, -0.2) is 36.1 Å². The summed E-state index contributed by atoms with van der Waals surface area (Å²) in [5.41, 5.74) is -1.61. The van der Waals surface area contributed by atoms with Crippen molar-refractivity contribution in [3.8, 4) is 28.4 Å². The number of phosphoric ester groups is 1. The van der Waals surface area contributed by atoms with Gasteiger partial charge in [0.15, 0.2) is 5.43 Å². The zero-order chi connectivity index (χ0) is 30.6. The maximum Gasteiger partial charge on any atom is 0.477 e. The van der Waals surface area contributed by atoms with Gasteiger partial charge in [0, 0.05) is 23.4 Å². The predicted molar refractivity (Wildman–Crippen MR) is 157 cm³/mol. The van der Waals surface area contributed by atoms with Gasteiger partial charge in [0.05, 0.1) is 42.4 Å². The third-order valence-electron chi connectivity index (χ3n) is 5.50. The molecule has 0 amide bonds. The van der Waals surface area contributed by atoms with Crippen LogP contribution in [0.1, 0.15) is 61.8 Å². The molecule has 1 aromatic heterocycles. The summed E-state index contributed by atoms with van der Waals surface area (Å²) in [6.07, 6.45) is 2.19. The second-order valence-corrected chi connectivity index (χ2v) is 12.9. The molecule has 0 atom stereocenters. The van der Waals surface area contributed by atoms with Crippen molar-refractivity contribution in [2.24, 2.45) is 0 Å². The summed E-state index contributed by atoms with van der Waals surface area (Å²) in [5, 5.41) is -0.209. The summed E-state index contributed by atoms with van der Waals surface area (Å²) in [7, 11) is -2.69. The maximum atomic E-state index is 15.4. The van der Waals surface area contributed by atoms with E-state index in [-0.39, 0.29) is 22.2 Å². The average Bonchev–Trinajstić information content (AvgIpc) is 2.85. The fraction of sp³-hybridized carbons (Fsp3) is 0.500. The monoisotopic (exact) mass is 593 g/mol. The first-order valence-electron chi connectivity index (χ1n) is 13.6. The van der Waals surface area contributed by atoms with Gasteiger partial charge >= 0.3 is 7.82 Å². The van der Waals surface area contributed by atoms with Gasteiger partial charge in [-0.3, -0.25) is 18.4 Å². The molecular formula is C30H41FNO8P. The van der Waals surface area contributed by atoms with Gasteiger partial charge in [-0.1, -0.05) is 6.92 Å². The molecule has 3 aromatic rings. The number of methoxy groups -OCH3 is 1. The number of halogens is 1. The van der Waals surface area contributed by atoms with Gasteiger partial charge in [-0.2, -0.15) is 0 Å². The lowest BCUT2D eigenvalue weighted by molar-refractivity contribution is -0.00573. The Labute approximate surface area is 241 Å². The normalized spacial score (nSPS) is 12.5. The third-order valence-corrected chi connectivity index (χ3v) is 7.47. The second-order valence-electron chi connectivity index (χ2n) is 11.4.